The lowest BCUT2D eigenvalue weighted by atomic mass is 9.81. The first-order valence-corrected chi connectivity index (χ1v) is 5.20. The molecule has 15 heavy (non-hydrogen) atoms. The lowest BCUT2D eigenvalue weighted by Crippen LogP contribution is -2.36. The normalized spacial score (nSPS) is 27.9. The third kappa shape index (κ3) is 2.03. The van der Waals surface area contributed by atoms with E-state index in [4.69, 9.17) is 9.94 Å². The van der Waals surface area contributed by atoms with E-state index in [0.717, 1.165) is 6.42 Å². The smallest absolute Gasteiger partial charge is 0.318 e. The summed E-state index contributed by atoms with van der Waals surface area (Å²) in [4.78, 5) is 11.9. The molecule has 0 aromatic rings. The van der Waals surface area contributed by atoms with Crippen molar-refractivity contribution in [1.29, 1.82) is 0 Å². The van der Waals surface area contributed by atoms with Crippen LogP contribution in [0.1, 0.15) is 32.6 Å². The molecule has 0 aromatic heterocycles. The highest BCUT2D eigenvalue weighted by molar-refractivity contribution is 6.08. The second-order valence-electron chi connectivity index (χ2n) is 3.70. The average molecular weight is 211 g/mol. The minimum Gasteiger partial charge on any atom is -0.465 e. The summed E-state index contributed by atoms with van der Waals surface area (Å²) in [5.74, 6) is -0.296. The van der Waals surface area contributed by atoms with Crippen molar-refractivity contribution in [3.63, 3.8) is 0 Å². The van der Waals surface area contributed by atoms with Gasteiger partial charge in [-0.1, -0.05) is 11.2 Å². The van der Waals surface area contributed by atoms with Gasteiger partial charge in [0, 0.05) is 0 Å². The van der Waals surface area contributed by atoms with Crippen molar-refractivity contribution >= 4 is 11.7 Å². The highest BCUT2D eigenvalue weighted by Gasteiger charge is 2.47. The standard InChI is InChI=1S/C11H17NO3/c1-3-7-11(10(13)15-4-2)8-5-6-9(11)12-14/h3,14H,1,4-8H2,2H3. The lowest BCUT2D eigenvalue weighted by Gasteiger charge is -2.25. The Hall–Kier alpha value is -1.32. The van der Waals surface area contributed by atoms with Gasteiger partial charge >= 0.3 is 5.97 Å². The molecule has 1 fully saturated rings. The Bertz CT molecular complexity index is 286. The predicted octanol–water partition coefficient (Wildman–Crippen LogP) is 2.13. The van der Waals surface area contributed by atoms with Crippen LogP contribution in [0.2, 0.25) is 0 Å². The SMILES string of the molecule is C=CCC1(C(=O)OCC)CCCC1=NO. The quantitative estimate of drug-likeness (QED) is 0.335. The maximum absolute atomic E-state index is 11.9. The van der Waals surface area contributed by atoms with Crippen LogP contribution in [0.3, 0.4) is 0 Å². The summed E-state index contributed by atoms with van der Waals surface area (Å²) in [5.41, 5.74) is -0.229. The fraction of sp³-hybridized carbons (Fsp3) is 0.636. The van der Waals surface area contributed by atoms with Gasteiger partial charge in [0.05, 0.1) is 12.3 Å². The van der Waals surface area contributed by atoms with E-state index in [9.17, 15) is 4.79 Å². The number of carbonyl (C=O) groups excluding carboxylic acids is 1. The third-order valence-electron chi connectivity index (χ3n) is 2.85. The molecule has 0 spiro atoms. The molecule has 84 valence electrons. The van der Waals surface area contributed by atoms with Crippen LogP contribution in [0.15, 0.2) is 17.8 Å². The molecule has 0 heterocycles. The van der Waals surface area contributed by atoms with Crippen molar-refractivity contribution in [2.24, 2.45) is 10.6 Å². The third-order valence-corrected chi connectivity index (χ3v) is 2.85. The van der Waals surface area contributed by atoms with E-state index in [1.165, 1.54) is 0 Å². The van der Waals surface area contributed by atoms with Gasteiger partial charge in [-0.15, -0.1) is 6.58 Å². The largest absolute Gasteiger partial charge is 0.465 e. The molecule has 1 saturated carbocycles. The molecule has 1 aliphatic rings. The Morgan fingerprint density at radius 2 is 2.53 bits per heavy atom. The van der Waals surface area contributed by atoms with Gasteiger partial charge < -0.3 is 9.94 Å². The molecule has 4 heteroatoms. The highest BCUT2D eigenvalue weighted by Crippen LogP contribution is 2.40. The first-order valence-electron chi connectivity index (χ1n) is 5.20. The van der Waals surface area contributed by atoms with E-state index in [-0.39, 0.29) is 5.97 Å². The Labute approximate surface area is 89.6 Å². The van der Waals surface area contributed by atoms with E-state index in [1.54, 1.807) is 13.0 Å². The lowest BCUT2D eigenvalue weighted by molar-refractivity contribution is -0.151. The Kier molecular flexibility index (Phi) is 3.88. The number of nitrogens with zero attached hydrogens (tertiary/aromatic N) is 1. The first-order chi connectivity index (χ1) is 7.21. The summed E-state index contributed by atoms with van der Waals surface area (Å²) in [5, 5.41) is 12.1. The van der Waals surface area contributed by atoms with Gasteiger partial charge in [0.25, 0.3) is 0 Å². The highest BCUT2D eigenvalue weighted by atomic mass is 16.5. The summed E-state index contributed by atoms with van der Waals surface area (Å²) >= 11 is 0. The van der Waals surface area contributed by atoms with Gasteiger partial charge in [-0.25, -0.2) is 0 Å². The van der Waals surface area contributed by atoms with Crippen LogP contribution in [-0.4, -0.2) is 23.5 Å². The van der Waals surface area contributed by atoms with Gasteiger partial charge in [-0.05, 0) is 32.6 Å². The second kappa shape index (κ2) is 4.96. The topological polar surface area (TPSA) is 58.9 Å². The fourth-order valence-electron chi connectivity index (χ4n) is 2.13. The van der Waals surface area contributed by atoms with E-state index in [1.807, 2.05) is 0 Å². The molecule has 1 atom stereocenters. The molecule has 0 aromatic carbocycles. The zero-order valence-corrected chi connectivity index (χ0v) is 9.03. The summed E-state index contributed by atoms with van der Waals surface area (Å²) in [6.45, 7) is 5.75. The molecule has 0 saturated heterocycles. The van der Waals surface area contributed by atoms with Gasteiger partial charge in [0.15, 0.2) is 0 Å². The van der Waals surface area contributed by atoms with Crippen LogP contribution in [0.4, 0.5) is 0 Å². The van der Waals surface area contributed by atoms with Crippen molar-refractivity contribution in [2.45, 2.75) is 32.6 Å². The van der Waals surface area contributed by atoms with Crippen LogP contribution in [0.25, 0.3) is 0 Å². The summed E-state index contributed by atoms with van der Waals surface area (Å²) in [6, 6.07) is 0. The number of ether oxygens (including phenoxy) is 1. The minimum absolute atomic E-state index is 0.296. The van der Waals surface area contributed by atoms with Gasteiger partial charge in [-0.3, -0.25) is 4.79 Å². The summed E-state index contributed by atoms with van der Waals surface area (Å²) < 4.78 is 5.04. The van der Waals surface area contributed by atoms with Crippen molar-refractivity contribution in [3.05, 3.63) is 12.7 Å². The molecule has 1 aliphatic carbocycles. The Balaban J connectivity index is 2.96. The molecule has 0 bridgehead atoms. The van der Waals surface area contributed by atoms with E-state index < -0.39 is 5.41 Å². The molecule has 1 rings (SSSR count). The monoisotopic (exact) mass is 211 g/mol. The molecule has 0 aliphatic heterocycles. The average Bonchev–Trinajstić information content (AvgIpc) is 2.63. The maximum Gasteiger partial charge on any atom is 0.318 e. The number of rotatable bonds is 4. The van der Waals surface area contributed by atoms with Crippen LogP contribution in [0.5, 0.6) is 0 Å². The molecule has 1 N–H and O–H groups in total. The predicted molar refractivity (Wildman–Crippen MR) is 57.0 cm³/mol. The van der Waals surface area contributed by atoms with Gasteiger partial charge in [-0.2, -0.15) is 0 Å². The van der Waals surface area contributed by atoms with Crippen LogP contribution >= 0.6 is 0 Å². The molecule has 4 nitrogen and oxygen atoms in total. The van der Waals surface area contributed by atoms with Crippen molar-refractivity contribution < 1.29 is 14.7 Å². The molecule has 0 amide bonds. The van der Waals surface area contributed by atoms with Crippen molar-refractivity contribution in [1.82, 2.24) is 0 Å². The Morgan fingerprint density at radius 3 is 3.07 bits per heavy atom. The number of oxime groups is 1. The number of carbonyl (C=O) groups is 1. The minimum atomic E-state index is -0.757. The number of hydrogen-bond acceptors (Lipinski definition) is 4. The van der Waals surface area contributed by atoms with Crippen LogP contribution < -0.4 is 0 Å². The number of esters is 1. The molecular formula is C11H17NO3. The van der Waals surface area contributed by atoms with Gasteiger partial charge in [0.2, 0.25) is 0 Å². The fourth-order valence-corrected chi connectivity index (χ4v) is 2.13. The van der Waals surface area contributed by atoms with E-state index in [2.05, 4.69) is 11.7 Å². The van der Waals surface area contributed by atoms with Crippen LogP contribution in [0, 0.1) is 5.41 Å². The second-order valence-corrected chi connectivity index (χ2v) is 3.70. The van der Waals surface area contributed by atoms with Crippen molar-refractivity contribution in [3.8, 4) is 0 Å². The number of allylic oxidation sites excluding steroid dienone is 1. The number of hydrogen-bond donors (Lipinski definition) is 1. The summed E-state index contributed by atoms with van der Waals surface area (Å²) in [7, 11) is 0. The van der Waals surface area contributed by atoms with Gasteiger partial charge in [0.1, 0.15) is 5.41 Å². The van der Waals surface area contributed by atoms with Crippen molar-refractivity contribution in [2.75, 3.05) is 6.61 Å². The first kappa shape index (κ1) is 11.8. The zero-order chi connectivity index (χ0) is 11.3. The van der Waals surface area contributed by atoms with Crippen LogP contribution in [-0.2, 0) is 9.53 Å². The van der Waals surface area contributed by atoms with E-state index >= 15 is 0 Å². The maximum atomic E-state index is 11.9. The van der Waals surface area contributed by atoms with E-state index in [0.29, 0.717) is 31.6 Å². The zero-order valence-electron chi connectivity index (χ0n) is 9.03. The molecule has 0 radical (unpaired) electrons. The molecular weight excluding hydrogens is 194 g/mol. The summed E-state index contributed by atoms with van der Waals surface area (Å²) in [6.07, 6.45) is 4.34. The Morgan fingerprint density at radius 1 is 1.80 bits per heavy atom. The molecule has 1 unspecified atom stereocenters.